The Balaban J connectivity index is 1.34. The molecule has 0 radical (unpaired) electrons. The van der Waals surface area contributed by atoms with Gasteiger partial charge in [-0.1, -0.05) is 49.2 Å². The highest BCUT2D eigenvalue weighted by atomic mass is 16.5. The van der Waals surface area contributed by atoms with E-state index in [-0.39, 0.29) is 0 Å². The van der Waals surface area contributed by atoms with Crippen molar-refractivity contribution in [2.24, 2.45) is 0 Å². The van der Waals surface area contributed by atoms with Crippen molar-refractivity contribution in [1.82, 2.24) is 4.90 Å². The summed E-state index contributed by atoms with van der Waals surface area (Å²) < 4.78 is 5.99. The number of unbranched alkanes of at least 4 members (excludes halogenated alkanes) is 3. The lowest BCUT2D eigenvalue weighted by atomic mass is 10.1. The van der Waals surface area contributed by atoms with Crippen LogP contribution in [0.25, 0.3) is 10.8 Å². The van der Waals surface area contributed by atoms with E-state index in [1.807, 2.05) is 0 Å². The van der Waals surface area contributed by atoms with Gasteiger partial charge in [0.1, 0.15) is 5.75 Å². The SMILES string of the molecule is c1ccc2c(OCCCCCCN3CCCC3)cccc2c1. The second-order valence-electron chi connectivity index (χ2n) is 6.29. The van der Waals surface area contributed by atoms with Crippen LogP contribution in [-0.4, -0.2) is 31.1 Å². The highest BCUT2D eigenvalue weighted by Gasteiger charge is 2.09. The molecule has 118 valence electrons. The molecule has 0 unspecified atom stereocenters. The second kappa shape index (κ2) is 8.19. The summed E-state index contributed by atoms with van der Waals surface area (Å²) in [5.74, 6) is 1.02. The van der Waals surface area contributed by atoms with Crippen LogP contribution in [-0.2, 0) is 0 Å². The van der Waals surface area contributed by atoms with Gasteiger partial charge in [0, 0.05) is 5.39 Å². The van der Waals surface area contributed by atoms with Crippen molar-refractivity contribution in [3.63, 3.8) is 0 Å². The zero-order valence-electron chi connectivity index (χ0n) is 13.5. The molecule has 0 bridgehead atoms. The Morgan fingerprint density at radius 3 is 2.50 bits per heavy atom. The molecule has 1 fully saturated rings. The molecule has 0 N–H and O–H groups in total. The number of rotatable bonds is 8. The summed E-state index contributed by atoms with van der Waals surface area (Å²) in [6.45, 7) is 4.77. The first-order chi connectivity index (χ1) is 10.9. The molecule has 2 aromatic carbocycles. The van der Waals surface area contributed by atoms with E-state index in [0.717, 1.165) is 18.8 Å². The lowest BCUT2D eigenvalue weighted by molar-refractivity contribution is 0.299. The van der Waals surface area contributed by atoms with Gasteiger partial charge < -0.3 is 9.64 Å². The smallest absolute Gasteiger partial charge is 0.127 e. The summed E-state index contributed by atoms with van der Waals surface area (Å²) in [6, 6.07) is 14.7. The van der Waals surface area contributed by atoms with E-state index < -0.39 is 0 Å². The molecule has 0 amide bonds. The van der Waals surface area contributed by atoms with Crippen LogP contribution in [0.3, 0.4) is 0 Å². The van der Waals surface area contributed by atoms with Crippen LogP contribution in [0.5, 0.6) is 5.75 Å². The van der Waals surface area contributed by atoms with Crippen molar-refractivity contribution in [3.8, 4) is 5.75 Å². The number of ether oxygens (including phenoxy) is 1. The fourth-order valence-electron chi connectivity index (χ4n) is 3.30. The number of nitrogens with zero attached hydrogens (tertiary/aromatic N) is 1. The molecule has 22 heavy (non-hydrogen) atoms. The number of hydrogen-bond acceptors (Lipinski definition) is 2. The molecular weight excluding hydrogens is 270 g/mol. The molecule has 1 heterocycles. The van der Waals surface area contributed by atoms with Gasteiger partial charge in [0.15, 0.2) is 0 Å². The van der Waals surface area contributed by atoms with Crippen LogP contribution in [0.2, 0.25) is 0 Å². The van der Waals surface area contributed by atoms with Crippen LogP contribution in [0.1, 0.15) is 38.5 Å². The lowest BCUT2D eigenvalue weighted by Gasteiger charge is -2.14. The van der Waals surface area contributed by atoms with Crippen molar-refractivity contribution in [3.05, 3.63) is 42.5 Å². The molecule has 2 heteroatoms. The zero-order chi connectivity index (χ0) is 15.0. The first-order valence-electron chi connectivity index (χ1n) is 8.76. The maximum Gasteiger partial charge on any atom is 0.127 e. The van der Waals surface area contributed by atoms with Gasteiger partial charge in [-0.15, -0.1) is 0 Å². The Morgan fingerprint density at radius 2 is 1.59 bits per heavy atom. The van der Waals surface area contributed by atoms with E-state index in [4.69, 9.17) is 4.74 Å². The van der Waals surface area contributed by atoms with E-state index in [2.05, 4.69) is 47.4 Å². The van der Waals surface area contributed by atoms with Gasteiger partial charge in [0.2, 0.25) is 0 Å². The Bertz CT molecular complexity index is 569. The minimum Gasteiger partial charge on any atom is -0.493 e. The van der Waals surface area contributed by atoms with Gasteiger partial charge in [-0.2, -0.15) is 0 Å². The molecule has 2 aromatic rings. The first-order valence-corrected chi connectivity index (χ1v) is 8.76. The van der Waals surface area contributed by atoms with Gasteiger partial charge >= 0.3 is 0 Å². The van der Waals surface area contributed by atoms with E-state index in [1.54, 1.807) is 0 Å². The molecule has 0 spiro atoms. The minimum absolute atomic E-state index is 0.831. The quantitative estimate of drug-likeness (QED) is 0.644. The van der Waals surface area contributed by atoms with E-state index in [0.29, 0.717) is 0 Å². The predicted molar refractivity (Wildman–Crippen MR) is 93.6 cm³/mol. The Hall–Kier alpha value is -1.54. The highest BCUT2D eigenvalue weighted by molar-refractivity contribution is 5.88. The maximum absolute atomic E-state index is 5.99. The Kier molecular flexibility index (Phi) is 5.72. The topological polar surface area (TPSA) is 12.5 Å². The van der Waals surface area contributed by atoms with Gasteiger partial charge in [-0.05, 0) is 56.8 Å². The fraction of sp³-hybridized carbons (Fsp3) is 0.500. The summed E-state index contributed by atoms with van der Waals surface area (Å²) in [5.41, 5.74) is 0. The highest BCUT2D eigenvalue weighted by Crippen LogP contribution is 2.25. The first kappa shape index (κ1) is 15.4. The van der Waals surface area contributed by atoms with Crippen molar-refractivity contribution >= 4 is 10.8 Å². The largest absolute Gasteiger partial charge is 0.493 e. The van der Waals surface area contributed by atoms with Crippen LogP contribution in [0.15, 0.2) is 42.5 Å². The zero-order valence-corrected chi connectivity index (χ0v) is 13.5. The van der Waals surface area contributed by atoms with Crippen molar-refractivity contribution in [1.29, 1.82) is 0 Å². The average molecular weight is 297 g/mol. The third-order valence-electron chi connectivity index (χ3n) is 4.57. The number of fused-ring (bicyclic) bond motifs is 1. The van der Waals surface area contributed by atoms with E-state index >= 15 is 0 Å². The Labute approximate surface area is 134 Å². The van der Waals surface area contributed by atoms with Crippen LogP contribution in [0.4, 0.5) is 0 Å². The van der Waals surface area contributed by atoms with Crippen LogP contribution >= 0.6 is 0 Å². The molecular formula is C20H27NO. The van der Waals surface area contributed by atoms with E-state index in [1.165, 1.54) is 62.5 Å². The number of hydrogen-bond donors (Lipinski definition) is 0. The van der Waals surface area contributed by atoms with Crippen molar-refractivity contribution < 1.29 is 4.74 Å². The summed E-state index contributed by atoms with van der Waals surface area (Å²) in [7, 11) is 0. The molecule has 3 rings (SSSR count). The normalized spacial score (nSPS) is 15.5. The molecule has 1 aliphatic rings. The third-order valence-corrected chi connectivity index (χ3v) is 4.57. The molecule has 0 aromatic heterocycles. The van der Waals surface area contributed by atoms with Gasteiger partial charge in [0.25, 0.3) is 0 Å². The second-order valence-corrected chi connectivity index (χ2v) is 6.29. The van der Waals surface area contributed by atoms with Crippen molar-refractivity contribution in [2.75, 3.05) is 26.2 Å². The molecule has 1 saturated heterocycles. The fourth-order valence-corrected chi connectivity index (χ4v) is 3.30. The molecule has 0 atom stereocenters. The predicted octanol–water partition coefficient (Wildman–Crippen LogP) is 4.87. The van der Waals surface area contributed by atoms with Crippen LogP contribution in [0, 0.1) is 0 Å². The summed E-state index contributed by atoms with van der Waals surface area (Å²) >= 11 is 0. The maximum atomic E-state index is 5.99. The summed E-state index contributed by atoms with van der Waals surface area (Å²) in [5, 5.41) is 2.48. The third kappa shape index (κ3) is 4.23. The van der Waals surface area contributed by atoms with E-state index in [9.17, 15) is 0 Å². The number of likely N-dealkylation sites (tertiary alicyclic amines) is 1. The Morgan fingerprint density at radius 1 is 0.818 bits per heavy atom. The molecule has 1 aliphatic heterocycles. The molecule has 0 saturated carbocycles. The monoisotopic (exact) mass is 297 g/mol. The van der Waals surface area contributed by atoms with Crippen molar-refractivity contribution in [2.45, 2.75) is 38.5 Å². The van der Waals surface area contributed by atoms with Gasteiger partial charge in [0.05, 0.1) is 6.61 Å². The average Bonchev–Trinajstić information content (AvgIpc) is 3.07. The van der Waals surface area contributed by atoms with Gasteiger partial charge in [-0.25, -0.2) is 0 Å². The van der Waals surface area contributed by atoms with Crippen LogP contribution < -0.4 is 4.74 Å². The van der Waals surface area contributed by atoms with Gasteiger partial charge in [-0.3, -0.25) is 0 Å². The standard InChI is InChI=1S/C20H27NO/c1(5-14-21-15-6-7-16-21)2-8-17-22-20-13-9-11-18-10-3-4-12-19(18)20/h3-4,9-13H,1-2,5-8,14-17H2. The number of benzene rings is 2. The summed E-state index contributed by atoms with van der Waals surface area (Å²) in [6.07, 6.45) is 7.91. The molecule has 0 aliphatic carbocycles. The summed E-state index contributed by atoms with van der Waals surface area (Å²) in [4.78, 5) is 2.60. The lowest BCUT2D eigenvalue weighted by Crippen LogP contribution is -2.20. The minimum atomic E-state index is 0.831. The molecule has 2 nitrogen and oxygen atoms in total.